The molecule has 0 saturated heterocycles. The molecule has 0 fully saturated rings. The molecule has 0 aromatic heterocycles. The largest absolute Gasteiger partial charge is 0.496 e. The van der Waals surface area contributed by atoms with Crippen LogP contribution in [0.1, 0.15) is 18.4 Å². The van der Waals surface area contributed by atoms with Crippen LogP contribution in [0.15, 0.2) is 22.7 Å². The third-order valence-corrected chi connectivity index (χ3v) is 2.88. The van der Waals surface area contributed by atoms with Gasteiger partial charge >= 0.3 is 0 Å². The number of methoxy groups -OCH3 is 1. The highest BCUT2D eigenvalue weighted by molar-refractivity contribution is 9.10. The van der Waals surface area contributed by atoms with Crippen molar-refractivity contribution in [1.82, 2.24) is 10.4 Å². The molecule has 17 heavy (non-hydrogen) atoms. The van der Waals surface area contributed by atoms with Crippen molar-refractivity contribution in [1.29, 1.82) is 0 Å². The molecule has 1 N–H and O–H groups in total. The third-order valence-electron chi connectivity index (χ3n) is 2.39. The summed E-state index contributed by atoms with van der Waals surface area (Å²) in [6, 6.07) is 5.64. The summed E-state index contributed by atoms with van der Waals surface area (Å²) in [6.45, 7) is 1.85. The van der Waals surface area contributed by atoms with Crippen LogP contribution in [-0.2, 0) is 4.79 Å². The van der Waals surface area contributed by atoms with Crippen LogP contribution in [0.3, 0.4) is 0 Å². The summed E-state index contributed by atoms with van der Waals surface area (Å²) in [7, 11) is 5.16. The minimum absolute atomic E-state index is 0.0635. The first-order valence-corrected chi connectivity index (χ1v) is 6.06. The standard InChI is InChI=1S/C12H17BrN2O2/c1-8(12(16)14-15(2)3)10-7-9(13)5-6-11(10)17-4/h5-8H,1-4H3,(H,14,16). The first kappa shape index (κ1) is 14.0. The molecule has 1 atom stereocenters. The van der Waals surface area contributed by atoms with Crippen molar-refractivity contribution in [2.75, 3.05) is 21.2 Å². The number of nitrogens with zero attached hydrogens (tertiary/aromatic N) is 1. The number of nitrogens with one attached hydrogen (secondary N) is 1. The molecule has 0 radical (unpaired) electrons. The lowest BCUT2D eigenvalue weighted by atomic mass is 9.99. The molecule has 0 saturated carbocycles. The fourth-order valence-corrected chi connectivity index (χ4v) is 1.88. The van der Waals surface area contributed by atoms with Gasteiger partial charge in [0.1, 0.15) is 5.75 Å². The average Bonchev–Trinajstić information content (AvgIpc) is 2.27. The lowest BCUT2D eigenvalue weighted by Gasteiger charge is -2.18. The van der Waals surface area contributed by atoms with Crippen molar-refractivity contribution in [2.24, 2.45) is 0 Å². The van der Waals surface area contributed by atoms with Gasteiger partial charge in [-0.2, -0.15) is 0 Å². The molecule has 94 valence electrons. The molecule has 5 heteroatoms. The smallest absolute Gasteiger partial charge is 0.241 e. The lowest BCUT2D eigenvalue weighted by molar-refractivity contribution is -0.126. The quantitative estimate of drug-likeness (QED) is 0.867. The second-order valence-corrected chi connectivity index (χ2v) is 4.89. The Balaban J connectivity index is 2.98. The highest BCUT2D eigenvalue weighted by atomic mass is 79.9. The monoisotopic (exact) mass is 300 g/mol. The summed E-state index contributed by atoms with van der Waals surface area (Å²) in [5, 5.41) is 1.63. The van der Waals surface area contributed by atoms with E-state index in [4.69, 9.17) is 4.74 Å². The second-order valence-electron chi connectivity index (χ2n) is 3.98. The van der Waals surface area contributed by atoms with Crippen LogP contribution < -0.4 is 10.2 Å². The number of hydrogen-bond donors (Lipinski definition) is 1. The van der Waals surface area contributed by atoms with Crippen molar-refractivity contribution in [2.45, 2.75) is 12.8 Å². The van der Waals surface area contributed by atoms with Crippen LogP contribution in [-0.4, -0.2) is 32.1 Å². The van der Waals surface area contributed by atoms with Crippen molar-refractivity contribution in [3.63, 3.8) is 0 Å². The predicted octanol–water partition coefficient (Wildman–Crippen LogP) is 2.15. The molecular weight excluding hydrogens is 284 g/mol. The zero-order chi connectivity index (χ0) is 13.0. The predicted molar refractivity (Wildman–Crippen MR) is 70.9 cm³/mol. The molecule has 4 nitrogen and oxygen atoms in total. The van der Waals surface area contributed by atoms with Gasteiger partial charge in [0, 0.05) is 24.1 Å². The topological polar surface area (TPSA) is 41.6 Å². The highest BCUT2D eigenvalue weighted by Gasteiger charge is 2.19. The molecule has 1 rings (SSSR count). The molecule has 0 bridgehead atoms. The van der Waals surface area contributed by atoms with Gasteiger partial charge in [0.15, 0.2) is 0 Å². The maximum atomic E-state index is 11.9. The lowest BCUT2D eigenvalue weighted by Crippen LogP contribution is -2.38. The van der Waals surface area contributed by atoms with E-state index in [0.717, 1.165) is 15.8 Å². The summed E-state index contributed by atoms with van der Waals surface area (Å²) >= 11 is 3.40. The Bertz CT molecular complexity index is 407. The van der Waals surface area contributed by atoms with Crippen LogP contribution in [0.5, 0.6) is 5.75 Å². The van der Waals surface area contributed by atoms with E-state index in [-0.39, 0.29) is 11.8 Å². The second kappa shape index (κ2) is 6.02. The van der Waals surface area contributed by atoms with E-state index in [1.54, 1.807) is 26.2 Å². The van der Waals surface area contributed by atoms with Gasteiger partial charge in [-0.3, -0.25) is 10.2 Å². The molecule has 0 aliphatic rings. The molecule has 1 aromatic rings. The van der Waals surface area contributed by atoms with Gasteiger partial charge in [-0.15, -0.1) is 0 Å². The zero-order valence-electron chi connectivity index (χ0n) is 10.5. The van der Waals surface area contributed by atoms with Crippen LogP contribution >= 0.6 is 15.9 Å². The number of carbonyl (C=O) groups excluding carboxylic acids is 1. The summed E-state index contributed by atoms with van der Waals surface area (Å²) in [5.41, 5.74) is 3.60. The number of hydrogen-bond acceptors (Lipinski definition) is 3. The fraction of sp³-hybridized carbons (Fsp3) is 0.417. The third kappa shape index (κ3) is 3.71. The first-order chi connectivity index (χ1) is 7.95. The Morgan fingerprint density at radius 3 is 2.65 bits per heavy atom. The molecule has 0 aliphatic heterocycles. The Labute approximate surface area is 110 Å². The number of halogens is 1. The molecule has 0 heterocycles. The van der Waals surface area contributed by atoms with Gasteiger partial charge in [-0.1, -0.05) is 15.9 Å². The van der Waals surface area contributed by atoms with Crippen molar-refractivity contribution < 1.29 is 9.53 Å². The van der Waals surface area contributed by atoms with Crippen LogP contribution in [0.4, 0.5) is 0 Å². The van der Waals surface area contributed by atoms with E-state index in [2.05, 4.69) is 21.4 Å². The normalized spacial score (nSPS) is 12.4. The van der Waals surface area contributed by atoms with E-state index in [0.29, 0.717) is 0 Å². The number of ether oxygens (including phenoxy) is 1. The maximum Gasteiger partial charge on any atom is 0.241 e. The summed E-state index contributed by atoms with van der Waals surface area (Å²) in [4.78, 5) is 11.9. The summed E-state index contributed by atoms with van der Waals surface area (Å²) in [5.74, 6) is 0.380. The van der Waals surface area contributed by atoms with Gasteiger partial charge in [0.2, 0.25) is 5.91 Å². The summed E-state index contributed by atoms with van der Waals surface area (Å²) in [6.07, 6.45) is 0. The molecule has 1 aromatic carbocycles. The van der Waals surface area contributed by atoms with Gasteiger partial charge < -0.3 is 4.74 Å². The number of rotatable bonds is 4. The minimum atomic E-state index is -0.273. The van der Waals surface area contributed by atoms with Gasteiger partial charge in [-0.05, 0) is 25.1 Å². The fourth-order valence-electron chi connectivity index (χ4n) is 1.50. The van der Waals surface area contributed by atoms with Crippen LogP contribution in [0.2, 0.25) is 0 Å². The number of benzene rings is 1. The van der Waals surface area contributed by atoms with Crippen LogP contribution in [0, 0.1) is 0 Å². The van der Waals surface area contributed by atoms with E-state index in [1.807, 2.05) is 25.1 Å². The molecule has 1 unspecified atom stereocenters. The van der Waals surface area contributed by atoms with Crippen LogP contribution in [0.25, 0.3) is 0 Å². The Kier molecular flexibility index (Phi) is 4.96. The molecule has 0 spiro atoms. The number of amides is 1. The van der Waals surface area contributed by atoms with E-state index in [9.17, 15) is 4.79 Å². The SMILES string of the molecule is COc1ccc(Br)cc1C(C)C(=O)NN(C)C. The van der Waals surface area contributed by atoms with Gasteiger partial charge in [0.05, 0.1) is 13.0 Å². The van der Waals surface area contributed by atoms with Gasteiger partial charge in [0.25, 0.3) is 0 Å². The van der Waals surface area contributed by atoms with Crippen molar-refractivity contribution in [3.8, 4) is 5.75 Å². The van der Waals surface area contributed by atoms with Gasteiger partial charge in [-0.25, -0.2) is 5.01 Å². The molecule has 1 amide bonds. The highest BCUT2D eigenvalue weighted by Crippen LogP contribution is 2.29. The maximum absolute atomic E-state index is 11.9. The Hall–Kier alpha value is -1.07. The van der Waals surface area contributed by atoms with E-state index in [1.165, 1.54) is 0 Å². The zero-order valence-corrected chi connectivity index (χ0v) is 12.0. The molecule has 0 aliphatic carbocycles. The van der Waals surface area contributed by atoms with Crippen molar-refractivity contribution >= 4 is 21.8 Å². The Morgan fingerprint density at radius 1 is 1.47 bits per heavy atom. The number of hydrazine groups is 1. The molecular formula is C12H17BrN2O2. The Morgan fingerprint density at radius 2 is 2.12 bits per heavy atom. The average molecular weight is 301 g/mol. The summed E-state index contributed by atoms with van der Waals surface area (Å²) < 4.78 is 6.19. The van der Waals surface area contributed by atoms with E-state index < -0.39 is 0 Å². The minimum Gasteiger partial charge on any atom is -0.496 e. The van der Waals surface area contributed by atoms with Crippen molar-refractivity contribution in [3.05, 3.63) is 28.2 Å². The first-order valence-electron chi connectivity index (χ1n) is 5.27. The number of carbonyl (C=O) groups is 1. The van der Waals surface area contributed by atoms with E-state index >= 15 is 0 Å².